The summed E-state index contributed by atoms with van der Waals surface area (Å²) < 4.78 is 55.9. The van der Waals surface area contributed by atoms with Crippen LogP contribution in [0.15, 0.2) is 47.4 Å². The number of alkyl halides is 3. The van der Waals surface area contributed by atoms with Gasteiger partial charge < -0.3 is 4.74 Å². The lowest BCUT2D eigenvalue weighted by atomic mass is 9.84. The number of carbonyl (C=O) groups excluding carboxylic acids is 1. The number of hydrogen-bond acceptors (Lipinski definition) is 5. The first kappa shape index (κ1) is 22.9. The number of nitro benzene ring substituents is 1. The van der Waals surface area contributed by atoms with E-state index in [1.807, 2.05) is 12.1 Å². The normalized spacial score (nSPS) is 16.0. The molecule has 0 heterocycles. The van der Waals surface area contributed by atoms with Gasteiger partial charge in [-0.05, 0) is 48.6 Å². The Kier molecular flexibility index (Phi) is 7.09. The average molecular weight is 455 g/mol. The number of nitro groups is 1. The van der Waals surface area contributed by atoms with Crippen molar-refractivity contribution in [1.82, 2.24) is 0 Å². The van der Waals surface area contributed by atoms with Gasteiger partial charge in [0, 0.05) is 6.07 Å². The summed E-state index contributed by atoms with van der Waals surface area (Å²) >= 11 is 0. The Balaban J connectivity index is 1.66. The van der Waals surface area contributed by atoms with Crippen LogP contribution in [-0.4, -0.2) is 20.9 Å². The lowest BCUT2D eigenvalue weighted by Gasteiger charge is -2.22. The van der Waals surface area contributed by atoms with Crippen LogP contribution in [0.5, 0.6) is 5.75 Å². The molecule has 1 fully saturated rings. The molecule has 3 rings (SSSR count). The molecule has 6 nitrogen and oxygen atoms in total. The topological polar surface area (TPSA) is 86.5 Å². The summed E-state index contributed by atoms with van der Waals surface area (Å²) in [5.74, 6) is -0.913. The van der Waals surface area contributed by atoms with Gasteiger partial charge in [0.05, 0.1) is 21.3 Å². The van der Waals surface area contributed by atoms with Gasteiger partial charge in [-0.2, -0.15) is 13.2 Å². The van der Waals surface area contributed by atoms with Crippen LogP contribution < -0.4 is 4.74 Å². The van der Waals surface area contributed by atoms with E-state index in [1.54, 1.807) is 12.1 Å². The highest BCUT2D eigenvalue weighted by atomic mass is 32.2. The summed E-state index contributed by atoms with van der Waals surface area (Å²) in [6, 6.07) is 8.66. The number of nitrogens with zero attached hydrogens (tertiary/aromatic N) is 1. The summed E-state index contributed by atoms with van der Waals surface area (Å²) in [5.41, 5.74) is -1.04. The van der Waals surface area contributed by atoms with Crippen LogP contribution in [0.3, 0.4) is 0 Å². The molecule has 0 aliphatic heterocycles. The molecule has 1 aliphatic carbocycles. The van der Waals surface area contributed by atoms with Gasteiger partial charge in [0.1, 0.15) is 16.4 Å². The molecule has 0 unspecified atom stereocenters. The minimum atomic E-state index is -4.78. The van der Waals surface area contributed by atoms with Crippen molar-refractivity contribution in [3.8, 4) is 5.75 Å². The lowest BCUT2D eigenvalue weighted by molar-refractivity contribution is -0.388. The molecule has 0 N–H and O–H groups in total. The summed E-state index contributed by atoms with van der Waals surface area (Å²) in [6.07, 6.45) is 1.05. The van der Waals surface area contributed by atoms with Gasteiger partial charge in [0.25, 0.3) is 5.69 Å². The van der Waals surface area contributed by atoms with E-state index < -0.39 is 49.8 Å². The quantitative estimate of drug-likeness (QED) is 0.253. The number of carbonyl (C=O) groups is 1. The molecule has 31 heavy (non-hydrogen) atoms. The number of halogens is 3. The summed E-state index contributed by atoms with van der Waals surface area (Å²) in [7, 11) is -2.25. The van der Waals surface area contributed by atoms with Crippen LogP contribution in [0.2, 0.25) is 0 Å². The molecule has 10 heteroatoms. The largest absolute Gasteiger partial charge is 0.426 e. The lowest BCUT2D eigenvalue weighted by Crippen LogP contribution is -2.18. The van der Waals surface area contributed by atoms with Crippen molar-refractivity contribution in [2.24, 2.45) is 0 Å². The molecule has 0 amide bonds. The van der Waals surface area contributed by atoms with Crippen LogP contribution in [0.1, 0.15) is 49.1 Å². The molecule has 0 bridgehead atoms. The van der Waals surface area contributed by atoms with E-state index in [4.69, 9.17) is 4.74 Å². The van der Waals surface area contributed by atoms with Crippen LogP contribution in [0.4, 0.5) is 18.9 Å². The zero-order chi connectivity index (χ0) is 22.6. The van der Waals surface area contributed by atoms with Gasteiger partial charge in [-0.1, -0.05) is 31.4 Å². The average Bonchev–Trinajstić information content (AvgIpc) is 2.73. The van der Waals surface area contributed by atoms with Gasteiger partial charge in [0.15, 0.2) is 0 Å². The summed E-state index contributed by atoms with van der Waals surface area (Å²) in [4.78, 5) is 21.7. The molecule has 0 spiro atoms. The number of rotatable bonds is 6. The second kappa shape index (κ2) is 9.59. The minimum Gasteiger partial charge on any atom is -0.426 e. The van der Waals surface area contributed by atoms with Crippen molar-refractivity contribution in [3.63, 3.8) is 0 Å². The second-order valence-electron chi connectivity index (χ2n) is 7.31. The van der Waals surface area contributed by atoms with E-state index in [2.05, 4.69) is 0 Å². The second-order valence-corrected chi connectivity index (χ2v) is 8.72. The monoisotopic (exact) mass is 455 g/mol. The fourth-order valence-corrected chi connectivity index (χ4v) is 4.63. The van der Waals surface area contributed by atoms with Crippen molar-refractivity contribution in [2.75, 3.05) is 5.75 Å². The van der Waals surface area contributed by atoms with Crippen LogP contribution in [-0.2, 0) is 21.8 Å². The molecule has 0 aromatic heterocycles. The Bertz CT molecular complexity index is 985. The van der Waals surface area contributed by atoms with Gasteiger partial charge in [-0.25, -0.2) is 0 Å². The van der Waals surface area contributed by atoms with Crippen molar-refractivity contribution >= 4 is 22.5 Å². The molecule has 166 valence electrons. The van der Waals surface area contributed by atoms with E-state index in [1.165, 1.54) is 19.3 Å². The highest BCUT2D eigenvalue weighted by Crippen LogP contribution is 2.35. The van der Waals surface area contributed by atoms with E-state index in [-0.39, 0.29) is 5.75 Å². The predicted octanol–water partition coefficient (Wildman–Crippen LogP) is 5.37. The van der Waals surface area contributed by atoms with Crippen molar-refractivity contribution in [3.05, 3.63) is 63.7 Å². The first-order valence-corrected chi connectivity index (χ1v) is 11.0. The molecule has 1 saturated carbocycles. The number of hydrogen-bond donors (Lipinski definition) is 0. The molecule has 1 atom stereocenters. The van der Waals surface area contributed by atoms with E-state index in [0.29, 0.717) is 18.1 Å². The third-order valence-corrected chi connectivity index (χ3v) is 6.50. The third-order valence-electron chi connectivity index (χ3n) is 5.17. The molecule has 0 radical (unpaired) electrons. The maximum Gasteiger partial charge on any atom is 0.416 e. The third kappa shape index (κ3) is 5.90. The van der Waals surface area contributed by atoms with Crippen LogP contribution in [0, 0.1) is 10.1 Å². The first-order valence-electron chi connectivity index (χ1n) is 9.70. The Hall–Kier alpha value is -2.75. The Morgan fingerprint density at radius 2 is 1.74 bits per heavy atom. The summed E-state index contributed by atoms with van der Waals surface area (Å²) in [6.45, 7) is 0. The maximum absolute atomic E-state index is 12.8. The molecule has 2 aromatic rings. The smallest absolute Gasteiger partial charge is 0.416 e. The maximum atomic E-state index is 12.8. The molecular weight excluding hydrogens is 435 g/mol. The van der Waals surface area contributed by atoms with E-state index in [0.717, 1.165) is 24.5 Å². The van der Waals surface area contributed by atoms with Gasteiger partial charge in [-0.3, -0.25) is 19.1 Å². The Morgan fingerprint density at radius 1 is 1.10 bits per heavy atom. The SMILES string of the molecule is O=C(C[S@](=O)c1ccc(C(F)(F)F)cc1[N+](=O)[O-])Oc1ccc(C2CCCCC2)cc1. The minimum absolute atomic E-state index is 0.239. The molecule has 1 aliphatic rings. The Labute approximate surface area is 179 Å². The first-order chi connectivity index (χ1) is 14.6. The van der Waals surface area contributed by atoms with Crippen molar-refractivity contribution < 1.29 is 31.8 Å². The highest BCUT2D eigenvalue weighted by Gasteiger charge is 2.34. The standard InChI is InChI=1S/C21H20F3NO5S/c22-21(23,24)16-8-11-19(18(12-16)25(27)28)31(29)13-20(26)30-17-9-6-15(7-10-17)14-4-2-1-3-5-14/h6-12,14H,1-5,13H2/t31-/m0/s1. The van der Waals surface area contributed by atoms with E-state index >= 15 is 0 Å². The fraction of sp³-hybridized carbons (Fsp3) is 0.381. The number of esters is 1. The zero-order valence-corrected chi connectivity index (χ0v) is 17.2. The van der Waals surface area contributed by atoms with E-state index in [9.17, 15) is 32.3 Å². The molecule has 0 saturated heterocycles. The zero-order valence-electron chi connectivity index (χ0n) is 16.4. The van der Waals surface area contributed by atoms with Gasteiger partial charge >= 0.3 is 12.1 Å². The molecule has 2 aromatic carbocycles. The van der Waals surface area contributed by atoms with Crippen LogP contribution in [0.25, 0.3) is 0 Å². The summed E-state index contributed by atoms with van der Waals surface area (Å²) in [5, 5.41) is 11.1. The van der Waals surface area contributed by atoms with Crippen molar-refractivity contribution in [1.29, 1.82) is 0 Å². The number of ether oxygens (including phenoxy) is 1. The fourth-order valence-electron chi connectivity index (χ4n) is 3.62. The van der Waals surface area contributed by atoms with Gasteiger partial charge in [-0.15, -0.1) is 0 Å². The predicted molar refractivity (Wildman–Crippen MR) is 107 cm³/mol. The highest BCUT2D eigenvalue weighted by molar-refractivity contribution is 7.85. The Morgan fingerprint density at radius 3 is 2.32 bits per heavy atom. The van der Waals surface area contributed by atoms with Crippen molar-refractivity contribution in [2.45, 2.75) is 49.1 Å². The number of benzene rings is 2. The van der Waals surface area contributed by atoms with Gasteiger partial charge in [0.2, 0.25) is 0 Å². The molecular formula is C21H20F3NO5S. The van der Waals surface area contributed by atoms with Crippen LogP contribution >= 0.6 is 0 Å².